The van der Waals surface area contributed by atoms with Gasteiger partial charge in [-0.1, -0.05) is 18.2 Å². The number of hydrogen-bond acceptors (Lipinski definition) is 2. The van der Waals surface area contributed by atoms with Crippen LogP contribution < -0.4 is 17.0 Å². The van der Waals surface area contributed by atoms with Crippen LogP contribution in [0, 0.1) is 0 Å². The van der Waals surface area contributed by atoms with E-state index in [0.717, 1.165) is 17.3 Å². The van der Waals surface area contributed by atoms with Crippen LogP contribution in [0.25, 0.3) is 0 Å². The van der Waals surface area contributed by atoms with E-state index in [1.165, 1.54) is 12.8 Å². The second kappa shape index (κ2) is 5.86. The lowest BCUT2D eigenvalue weighted by atomic mass is 9.98. The van der Waals surface area contributed by atoms with Crippen molar-refractivity contribution in [2.75, 3.05) is 14.1 Å². The monoisotopic (exact) mass is 339 g/mol. The predicted octanol–water partition coefficient (Wildman–Crippen LogP) is -0.383. The molecule has 2 aliphatic rings. The lowest BCUT2D eigenvalue weighted by Crippen LogP contribution is -3.00. The maximum atomic E-state index is 12.1. The number of rotatable bonds is 2. The van der Waals surface area contributed by atoms with Gasteiger partial charge in [-0.05, 0) is 12.1 Å². The fourth-order valence-electron chi connectivity index (χ4n) is 3.72. The van der Waals surface area contributed by atoms with E-state index in [-0.39, 0.29) is 29.1 Å². The van der Waals surface area contributed by atoms with Crippen molar-refractivity contribution in [2.45, 2.75) is 43.9 Å². The van der Waals surface area contributed by atoms with Gasteiger partial charge in [-0.2, -0.15) is 0 Å². The van der Waals surface area contributed by atoms with Crippen molar-refractivity contribution in [2.24, 2.45) is 0 Å². The Kier molecular flexibility index (Phi) is 4.55. The van der Waals surface area contributed by atoms with Gasteiger partial charge in [-0.3, -0.25) is 0 Å². The van der Waals surface area contributed by atoms with Crippen molar-refractivity contribution >= 4 is 5.97 Å². The summed E-state index contributed by atoms with van der Waals surface area (Å²) in [7, 11) is 4.63. The second-order valence-electron chi connectivity index (χ2n) is 6.38. The Balaban J connectivity index is 0.00000147. The Hall–Kier alpha value is -0.870. The SMILES string of the molecule is C[N+]1(C)C2CCC1CC(OC(=O)c1ccccc1)C2.[Br-]. The zero-order valence-corrected chi connectivity index (χ0v) is 13.7. The molecule has 0 aromatic heterocycles. The van der Waals surface area contributed by atoms with Gasteiger partial charge in [-0.15, -0.1) is 0 Å². The zero-order chi connectivity index (χ0) is 13.5. The molecule has 2 unspecified atom stereocenters. The third kappa shape index (κ3) is 2.77. The standard InChI is InChI=1S/C16H22NO2.BrH/c1-17(2)13-8-9-14(17)11-15(10-13)19-16(18)12-6-4-3-5-7-12;/h3-7,13-15H,8-11H2,1-2H3;1H/q+1;/p-1. The number of piperidine rings is 1. The van der Waals surface area contributed by atoms with Crippen LogP contribution in [0.15, 0.2) is 30.3 Å². The van der Waals surface area contributed by atoms with E-state index in [2.05, 4.69) is 14.1 Å². The van der Waals surface area contributed by atoms with E-state index < -0.39 is 0 Å². The molecule has 0 spiro atoms. The molecular weight excluding hydrogens is 318 g/mol. The van der Waals surface area contributed by atoms with Crippen molar-refractivity contribution in [1.29, 1.82) is 0 Å². The number of carbonyl (C=O) groups excluding carboxylic acids is 1. The van der Waals surface area contributed by atoms with Gasteiger partial charge in [0.05, 0.1) is 31.7 Å². The summed E-state index contributed by atoms with van der Waals surface area (Å²) in [5.74, 6) is -0.169. The molecule has 0 aliphatic carbocycles. The molecule has 0 radical (unpaired) electrons. The van der Waals surface area contributed by atoms with E-state index >= 15 is 0 Å². The summed E-state index contributed by atoms with van der Waals surface area (Å²) < 4.78 is 6.81. The molecule has 1 aromatic carbocycles. The van der Waals surface area contributed by atoms with Crippen molar-refractivity contribution < 1.29 is 31.0 Å². The normalized spacial score (nSPS) is 30.4. The molecule has 3 nitrogen and oxygen atoms in total. The van der Waals surface area contributed by atoms with Crippen molar-refractivity contribution in [3.63, 3.8) is 0 Å². The highest BCUT2D eigenvalue weighted by Gasteiger charge is 2.49. The first-order valence-electron chi connectivity index (χ1n) is 7.16. The zero-order valence-electron chi connectivity index (χ0n) is 12.1. The van der Waals surface area contributed by atoms with Crippen LogP contribution in [0.4, 0.5) is 0 Å². The molecule has 2 atom stereocenters. The van der Waals surface area contributed by atoms with Gasteiger partial charge in [0.25, 0.3) is 0 Å². The minimum atomic E-state index is -0.169. The summed E-state index contributed by atoms with van der Waals surface area (Å²) >= 11 is 0. The highest BCUT2D eigenvalue weighted by Crippen LogP contribution is 2.40. The summed E-state index contributed by atoms with van der Waals surface area (Å²) in [6.45, 7) is 0. The molecule has 0 amide bonds. The summed E-state index contributed by atoms with van der Waals surface area (Å²) in [4.78, 5) is 12.1. The number of esters is 1. The van der Waals surface area contributed by atoms with Crippen LogP contribution >= 0.6 is 0 Å². The Morgan fingerprint density at radius 1 is 1.10 bits per heavy atom. The van der Waals surface area contributed by atoms with Gasteiger partial charge in [-0.25, -0.2) is 4.79 Å². The van der Waals surface area contributed by atoms with Crippen LogP contribution in [0.5, 0.6) is 0 Å². The number of hydrogen-bond donors (Lipinski definition) is 0. The molecule has 3 rings (SSSR count). The van der Waals surface area contributed by atoms with Crippen molar-refractivity contribution in [3.8, 4) is 0 Å². The van der Waals surface area contributed by atoms with Crippen LogP contribution in [0.2, 0.25) is 0 Å². The van der Waals surface area contributed by atoms with Gasteiger partial charge in [0.1, 0.15) is 6.10 Å². The van der Waals surface area contributed by atoms with Gasteiger partial charge in [0.15, 0.2) is 0 Å². The van der Waals surface area contributed by atoms with Crippen LogP contribution in [-0.4, -0.2) is 42.7 Å². The predicted molar refractivity (Wildman–Crippen MR) is 73.8 cm³/mol. The number of benzene rings is 1. The Morgan fingerprint density at radius 3 is 2.20 bits per heavy atom. The fourth-order valence-corrected chi connectivity index (χ4v) is 3.72. The van der Waals surface area contributed by atoms with Crippen molar-refractivity contribution in [1.82, 2.24) is 0 Å². The Morgan fingerprint density at radius 2 is 1.65 bits per heavy atom. The maximum absolute atomic E-state index is 12.1. The number of quaternary nitrogens is 1. The summed E-state index contributed by atoms with van der Waals surface area (Å²) in [5.41, 5.74) is 0.661. The van der Waals surface area contributed by atoms with Gasteiger partial charge in [0.2, 0.25) is 0 Å². The average molecular weight is 340 g/mol. The number of fused-ring (bicyclic) bond motifs is 2. The molecule has 0 saturated carbocycles. The summed E-state index contributed by atoms with van der Waals surface area (Å²) in [6, 6.07) is 10.6. The first-order chi connectivity index (χ1) is 9.07. The number of halogens is 1. The number of ether oxygens (including phenoxy) is 1. The van der Waals surface area contributed by atoms with Crippen molar-refractivity contribution in [3.05, 3.63) is 35.9 Å². The highest BCUT2D eigenvalue weighted by atomic mass is 79.9. The van der Waals surface area contributed by atoms with Crippen LogP contribution in [0.1, 0.15) is 36.0 Å². The topological polar surface area (TPSA) is 26.3 Å². The fraction of sp³-hybridized carbons (Fsp3) is 0.562. The molecule has 2 bridgehead atoms. The molecule has 2 heterocycles. The van der Waals surface area contributed by atoms with Crippen LogP contribution in [-0.2, 0) is 4.74 Å². The molecule has 2 saturated heterocycles. The minimum Gasteiger partial charge on any atom is -1.00 e. The van der Waals surface area contributed by atoms with Gasteiger partial charge in [0, 0.05) is 25.7 Å². The Labute approximate surface area is 131 Å². The Bertz CT molecular complexity index is 459. The maximum Gasteiger partial charge on any atom is 0.338 e. The average Bonchev–Trinajstić information content (AvgIpc) is 2.58. The van der Waals surface area contributed by atoms with E-state index in [1.54, 1.807) is 0 Å². The van der Waals surface area contributed by atoms with E-state index in [4.69, 9.17) is 4.74 Å². The first-order valence-corrected chi connectivity index (χ1v) is 7.16. The molecular formula is C16H22BrNO2. The molecule has 0 N–H and O–H groups in total. The second-order valence-corrected chi connectivity index (χ2v) is 6.38. The molecule has 110 valence electrons. The van der Waals surface area contributed by atoms with Gasteiger partial charge < -0.3 is 26.2 Å². The highest BCUT2D eigenvalue weighted by molar-refractivity contribution is 5.89. The first kappa shape index (κ1) is 15.5. The van der Waals surface area contributed by atoms with E-state index in [9.17, 15) is 4.79 Å². The molecule has 2 fully saturated rings. The number of carbonyl (C=O) groups is 1. The largest absolute Gasteiger partial charge is 1.00 e. The molecule has 4 heteroatoms. The van der Waals surface area contributed by atoms with E-state index in [1.807, 2.05) is 30.3 Å². The van der Waals surface area contributed by atoms with Crippen LogP contribution in [0.3, 0.4) is 0 Å². The summed E-state index contributed by atoms with van der Waals surface area (Å²) in [6.07, 6.45) is 4.69. The third-order valence-electron chi connectivity index (χ3n) is 5.07. The summed E-state index contributed by atoms with van der Waals surface area (Å²) in [5, 5.41) is 0. The molecule has 2 aliphatic heterocycles. The quantitative estimate of drug-likeness (QED) is 0.542. The lowest BCUT2D eigenvalue weighted by Gasteiger charge is -2.43. The van der Waals surface area contributed by atoms with E-state index in [0.29, 0.717) is 17.6 Å². The molecule has 20 heavy (non-hydrogen) atoms. The minimum absolute atomic E-state index is 0. The lowest BCUT2D eigenvalue weighted by molar-refractivity contribution is -0.931. The smallest absolute Gasteiger partial charge is 0.338 e. The molecule has 1 aromatic rings. The number of nitrogens with zero attached hydrogens (tertiary/aromatic N) is 1. The third-order valence-corrected chi connectivity index (χ3v) is 5.07. The van der Waals surface area contributed by atoms with Gasteiger partial charge >= 0.3 is 5.97 Å².